The number of rotatable bonds is 5. The van der Waals surface area contributed by atoms with Crippen LogP contribution in [0.25, 0.3) is 11.3 Å². The Kier molecular flexibility index (Phi) is 5.87. The molecule has 3 heterocycles. The van der Waals surface area contributed by atoms with Crippen molar-refractivity contribution in [1.82, 2.24) is 24.4 Å². The highest BCUT2D eigenvalue weighted by Crippen LogP contribution is 2.33. The minimum Gasteiger partial charge on any atom is -0.322 e. The normalized spacial score (nSPS) is 11.8. The fourth-order valence-electron chi connectivity index (χ4n) is 3.14. The maximum Gasteiger partial charge on any atom is 0.417 e. The predicted octanol–water partition coefficient (Wildman–Crippen LogP) is 4.93. The van der Waals surface area contributed by atoms with Gasteiger partial charge in [-0.3, -0.25) is 9.20 Å². The topological polar surface area (TPSA) is 77.1 Å². The van der Waals surface area contributed by atoms with E-state index in [0.29, 0.717) is 11.4 Å². The first-order valence-corrected chi connectivity index (χ1v) is 10.7. The number of pyridine rings is 1. The number of anilines is 1. The molecule has 1 amide bonds. The highest BCUT2D eigenvalue weighted by atomic mass is 35.5. The Morgan fingerprint density at radius 2 is 1.91 bits per heavy atom. The molecule has 0 aliphatic carbocycles. The lowest BCUT2D eigenvalue weighted by Gasteiger charge is -2.09. The molecule has 7 nitrogen and oxygen atoms in total. The molecule has 4 aromatic rings. The average molecular weight is 481 g/mol. The van der Waals surface area contributed by atoms with Crippen molar-refractivity contribution >= 4 is 40.6 Å². The van der Waals surface area contributed by atoms with Crippen LogP contribution in [-0.4, -0.2) is 36.0 Å². The molecule has 0 spiro atoms. The van der Waals surface area contributed by atoms with Gasteiger partial charge >= 0.3 is 6.18 Å². The molecule has 0 unspecified atom stereocenters. The fourth-order valence-corrected chi connectivity index (χ4v) is 4.09. The summed E-state index contributed by atoms with van der Waals surface area (Å²) < 4.78 is 42.2. The van der Waals surface area contributed by atoms with Crippen LogP contribution >= 0.6 is 23.4 Å². The number of carbonyl (C=O) groups is 1. The Balaban J connectivity index is 1.51. The first-order valence-electron chi connectivity index (χ1n) is 9.31. The van der Waals surface area contributed by atoms with Gasteiger partial charge < -0.3 is 5.32 Å². The minimum absolute atomic E-state index is 0.0819. The number of benzene rings is 1. The maximum atomic E-state index is 13.1. The summed E-state index contributed by atoms with van der Waals surface area (Å²) in [5.74, 6) is -0.451. The first-order chi connectivity index (χ1) is 15.1. The van der Waals surface area contributed by atoms with Crippen LogP contribution in [-0.2, 0) is 11.0 Å². The predicted molar refractivity (Wildman–Crippen MR) is 115 cm³/mol. The maximum absolute atomic E-state index is 13.1. The monoisotopic (exact) mass is 480 g/mol. The zero-order valence-corrected chi connectivity index (χ0v) is 18.4. The van der Waals surface area contributed by atoms with Crippen LogP contribution in [0.4, 0.5) is 18.9 Å². The molecule has 3 aromatic heterocycles. The number of aromatic nitrogens is 5. The summed E-state index contributed by atoms with van der Waals surface area (Å²) in [6.45, 7) is 3.62. The molecule has 0 aliphatic rings. The summed E-state index contributed by atoms with van der Waals surface area (Å²) >= 11 is 6.87. The molecule has 1 N–H and O–H groups in total. The number of amides is 1. The van der Waals surface area contributed by atoms with Gasteiger partial charge in [-0.1, -0.05) is 41.6 Å². The molecule has 166 valence electrons. The summed E-state index contributed by atoms with van der Waals surface area (Å²) in [5.41, 5.74) is 1.98. The second-order valence-electron chi connectivity index (χ2n) is 6.88. The van der Waals surface area contributed by atoms with E-state index in [2.05, 4.69) is 20.6 Å². The first kappa shape index (κ1) is 22.2. The third kappa shape index (κ3) is 4.30. The molecular formula is C20H16ClF3N6OS. The number of hydrogen-bond acceptors (Lipinski definition) is 5. The number of fused-ring (bicyclic) bond motifs is 1. The quantitative estimate of drug-likeness (QED) is 0.410. The average Bonchev–Trinajstić information content (AvgIpc) is 3.28. The van der Waals surface area contributed by atoms with Crippen molar-refractivity contribution in [3.05, 3.63) is 64.6 Å². The number of halogens is 4. The summed E-state index contributed by atoms with van der Waals surface area (Å²) in [7, 11) is 0. The summed E-state index contributed by atoms with van der Waals surface area (Å²) in [4.78, 5) is 12.6. The summed E-state index contributed by atoms with van der Waals surface area (Å²) in [5, 5.41) is 14.9. The number of nitrogens with one attached hydrogen (secondary N) is 1. The van der Waals surface area contributed by atoms with Crippen LogP contribution in [0.15, 0.2) is 47.8 Å². The van der Waals surface area contributed by atoms with Gasteiger partial charge in [-0.05, 0) is 32.0 Å². The van der Waals surface area contributed by atoms with Gasteiger partial charge in [0, 0.05) is 6.20 Å². The molecular weight excluding hydrogens is 465 g/mol. The van der Waals surface area contributed by atoms with E-state index < -0.39 is 11.7 Å². The van der Waals surface area contributed by atoms with Crippen molar-refractivity contribution in [2.75, 3.05) is 11.1 Å². The third-order valence-electron chi connectivity index (χ3n) is 4.64. The zero-order valence-electron chi connectivity index (χ0n) is 16.8. The van der Waals surface area contributed by atoms with Crippen LogP contribution in [0.3, 0.4) is 0 Å². The van der Waals surface area contributed by atoms with Crippen molar-refractivity contribution in [3.63, 3.8) is 0 Å². The van der Waals surface area contributed by atoms with Gasteiger partial charge in [0.25, 0.3) is 0 Å². The smallest absolute Gasteiger partial charge is 0.322 e. The van der Waals surface area contributed by atoms with Crippen LogP contribution in [0.1, 0.15) is 17.0 Å². The van der Waals surface area contributed by atoms with Crippen LogP contribution < -0.4 is 5.32 Å². The van der Waals surface area contributed by atoms with Crippen molar-refractivity contribution < 1.29 is 18.0 Å². The highest BCUT2D eigenvalue weighted by Gasteiger charge is 2.32. The largest absolute Gasteiger partial charge is 0.417 e. The van der Waals surface area contributed by atoms with Crippen LogP contribution in [0, 0.1) is 13.8 Å². The molecule has 0 saturated carbocycles. The number of nitrogens with zero attached hydrogens (tertiary/aromatic N) is 5. The van der Waals surface area contributed by atoms with E-state index in [1.807, 2.05) is 37.3 Å². The van der Waals surface area contributed by atoms with Gasteiger partial charge in [0.15, 0.2) is 10.8 Å². The van der Waals surface area contributed by atoms with E-state index >= 15 is 0 Å². The van der Waals surface area contributed by atoms with Gasteiger partial charge in [0.2, 0.25) is 5.91 Å². The van der Waals surface area contributed by atoms with Crippen LogP contribution in [0.2, 0.25) is 5.02 Å². The number of aryl methyl sites for hydroxylation is 1. The Labute approximate surface area is 189 Å². The molecule has 1 aromatic carbocycles. The van der Waals surface area contributed by atoms with E-state index in [1.54, 1.807) is 11.6 Å². The van der Waals surface area contributed by atoms with Crippen molar-refractivity contribution in [2.24, 2.45) is 0 Å². The van der Waals surface area contributed by atoms with Crippen molar-refractivity contribution in [1.29, 1.82) is 0 Å². The van der Waals surface area contributed by atoms with Gasteiger partial charge in [-0.15, -0.1) is 10.2 Å². The van der Waals surface area contributed by atoms with E-state index in [4.69, 9.17) is 11.6 Å². The second kappa shape index (κ2) is 8.47. The number of hydrogen-bond donors (Lipinski definition) is 1. The minimum atomic E-state index is -4.57. The molecule has 0 bridgehead atoms. The van der Waals surface area contributed by atoms with Gasteiger partial charge in [-0.2, -0.15) is 18.3 Å². The number of carbonyl (C=O) groups excluding carboxylic acids is 1. The van der Waals surface area contributed by atoms with Gasteiger partial charge in [0.1, 0.15) is 0 Å². The van der Waals surface area contributed by atoms with E-state index in [1.165, 1.54) is 0 Å². The fraction of sp³-hybridized carbons (Fsp3) is 0.200. The summed E-state index contributed by atoms with van der Waals surface area (Å²) in [6.07, 6.45) is -3.71. The Hall–Kier alpha value is -3.05. The van der Waals surface area contributed by atoms with E-state index in [0.717, 1.165) is 39.8 Å². The summed E-state index contributed by atoms with van der Waals surface area (Å²) in [6, 6.07) is 10.3. The number of para-hydroxylation sites is 1. The Bertz CT molecular complexity index is 1300. The molecule has 0 atom stereocenters. The lowest BCUT2D eigenvalue weighted by molar-refractivity contribution is -0.137. The molecule has 0 saturated heterocycles. The third-order valence-corrected chi connectivity index (χ3v) is 5.87. The highest BCUT2D eigenvalue weighted by molar-refractivity contribution is 7.99. The van der Waals surface area contributed by atoms with Gasteiger partial charge in [0.05, 0.1) is 39.1 Å². The number of thioether (sulfide) groups is 1. The molecule has 0 radical (unpaired) electrons. The zero-order chi connectivity index (χ0) is 23.0. The Morgan fingerprint density at radius 1 is 1.19 bits per heavy atom. The van der Waals surface area contributed by atoms with E-state index in [-0.39, 0.29) is 27.5 Å². The lowest BCUT2D eigenvalue weighted by atomic mass is 10.3. The van der Waals surface area contributed by atoms with Gasteiger partial charge in [-0.25, -0.2) is 4.68 Å². The molecule has 0 fully saturated rings. The standard InChI is InChI=1S/C20H16ClF3N6OS/c1-11-17(12(2)30(28-11)14-6-4-3-5-7-14)25-16(31)10-32-19-27-26-18-15(21)8-13(9-29(18)19)20(22,23)24/h3-9H,10H2,1-2H3,(H,25,31). The van der Waals surface area contributed by atoms with Crippen molar-refractivity contribution in [2.45, 2.75) is 25.2 Å². The number of alkyl halides is 3. The van der Waals surface area contributed by atoms with Crippen molar-refractivity contribution in [3.8, 4) is 5.69 Å². The molecule has 0 aliphatic heterocycles. The molecule has 32 heavy (non-hydrogen) atoms. The molecule has 12 heteroatoms. The van der Waals surface area contributed by atoms with Crippen LogP contribution in [0.5, 0.6) is 0 Å². The second-order valence-corrected chi connectivity index (χ2v) is 8.23. The SMILES string of the molecule is Cc1nn(-c2ccccc2)c(C)c1NC(=O)CSc1nnc2c(Cl)cc(C(F)(F)F)cn12. The lowest BCUT2D eigenvalue weighted by Crippen LogP contribution is -2.15. The Morgan fingerprint density at radius 3 is 2.59 bits per heavy atom. The molecule has 4 rings (SSSR count). The van der Waals surface area contributed by atoms with E-state index in [9.17, 15) is 18.0 Å².